The van der Waals surface area contributed by atoms with E-state index in [0.29, 0.717) is 0 Å². The normalized spacial score (nSPS) is 14.0. The van der Waals surface area contributed by atoms with Gasteiger partial charge in [0.15, 0.2) is 0 Å². The van der Waals surface area contributed by atoms with Gasteiger partial charge in [-0.1, -0.05) is 12.1 Å². The van der Waals surface area contributed by atoms with Gasteiger partial charge in [0.05, 0.1) is 12.2 Å². The Morgan fingerprint density at radius 3 is 2.51 bits per heavy atom. The Labute approximate surface area is 214 Å². The van der Waals surface area contributed by atoms with Crippen LogP contribution in [0.15, 0.2) is 60.9 Å². The van der Waals surface area contributed by atoms with Crippen LogP contribution in [0, 0.1) is 25.5 Å². The molecule has 8 heteroatoms. The number of hydrogen-bond donors (Lipinski definition) is 2. The molecule has 188 valence electrons. The molecule has 1 aliphatic heterocycles. The number of aryl methyl sites for hydroxylation is 1. The lowest BCUT2D eigenvalue weighted by Gasteiger charge is -2.29. The van der Waals surface area contributed by atoms with Crippen LogP contribution in [0.3, 0.4) is 0 Å². The van der Waals surface area contributed by atoms with Crippen LogP contribution in [-0.2, 0) is 6.54 Å². The van der Waals surface area contributed by atoms with Gasteiger partial charge in [-0.05, 0) is 55.8 Å². The fourth-order valence-electron chi connectivity index (χ4n) is 5.22. The van der Waals surface area contributed by atoms with Crippen molar-refractivity contribution in [2.24, 2.45) is 0 Å². The largest absolute Gasteiger partial charge is 0.369 e. The number of aromatic amines is 1. The van der Waals surface area contributed by atoms with Crippen LogP contribution in [0.2, 0.25) is 0 Å². The van der Waals surface area contributed by atoms with Crippen molar-refractivity contribution in [1.29, 1.82) is 0 Å². The summed E-state index contributed by atoms with van der Waals surface area (Å²) in [7, 11) is 0. The molecule has 2 N–H and O–H groups in total. The molecule has 3 aromatic heterocycles. The third kappa shape index (κ3) is 4.38. The standard InChI is InChI=1S/C29H28F2N6/c1-18-28(19(2)37(35-18)17-22-13-23(30)5-8-27(22)31)26-16-34-29-25(26)14-21(15-33-29)20-3-6-24(7-4-20)36-11-9-32-10-12-36/h3-8,13-16,32H,9-12,17H2,1-2H3,(H,33,34). The van der Waals surface area contributed by atoms with Gasteiger partial charge in [0.2, 0.25) is 0 Å². The Kier molecular flexibility index (Phi) is 5.96. The van der Waals surface area contributed by atoms with Crippen LogP contribution in [-0.4, -0.2) is 45.9 Å². The van der Waals surface area contributed by atoms with Gasteiger partial charge in [-0.15, -0.1) is 0 Å². The summed E-state index contributed by atoms with van der Waals surface area (Å²) in [6.07, 6.45) is 3.83. The second kappa shape index (κ2) is 9.44. The summed E-state index contributed by atoms with van der Waals surface area (Å²) >= 11 is 0. The van der Waals surface area contributed by atoms with E-state index in [-0.39, 0.29) is 12.1 Å². The Balaban J connectivity index is 1.34. The smallest absolute Gasteiger partial charge is 0.137 e. The van der Waals surface area contributed by atoms with Crippen molar-refractivity contribution >= 4 is 16.7 Å². The van der Waals surface area contributed by atoms with E-state index < -0.39 is 11.6 Å². The number of nitrogens with one attached hydrogen (secondary N) is 2. The SMILES string of the molecule is Cc1nn(Cc2cc(F)ccc2F)c(C)c1-c1c[nH]c2ncc(-c3ccc(N4CCNCC4)cc3)cc12. The van der Waals surface area contributed by atoms with E-state index in [1.165, 1.54) is 11.8 Å². The molecule has 1 saturated heterocycles. The van der Waals surface area contributed by atoms with E-state index in [1.54, 1.807) is 4.68 Å². The average Bonchev–Trinajstić information content (AvgIpc) is 3.45. The maximum atomic E-state index is 14.3. The van der Waals surface area contributed by atoms with Crippen LogP contribution in [0.5, 0.6) is 0 Å². The summed E-state index contributed by atoms with van der Waals surface area (Å²) in [4.78, 5) is 10.3. The Morgan fingerprint density at radius 2 is 1.73 bits per heavy atom. The summed E-state index contributed by atoms with van der Waals surface area (Å²) in [5.74, 6) is -0.909. The van der Waals surface area contributed by atoms with Crippen LogP contribution in [0.4, 0.5) is 14.5 Å². The van der Waals surface area contributed by atoms with Crippen molar-refractivity contribution in [1.82, 2.24) is 25.1 Å². The number of fused-ring (bicyclic) bond motifs is 1. The molecule has 0 saturated carbocycles. The molecule has 6 nitrogen and oxygen atoms in total. The lowest BCUT2D eigenvalue weighted by atomic mass is 10.0. The summed E-state index contributed by atoms with van der Waals surface area (Å²) in [6.45, 7) is 8.08. The summed E-state index contributed by atoms with van der Waals surface area (Å²) in [5, 5.41) is 9.04. The number of rotatable bonds is 5. The number of aromatic nitrogens is 4. The van der Waals surface area contributed by atoms with Crippen molar-refractivity contribution in [3.05, 3.63) is 89.5 Å². The van der Waals surface area contributed by atoms with E-state index in [2.05, 4.69) is 55.6 Å². The number of hydrogen-bond acceptors (Lipinski definition) is 4. The molecule has 2 aromatic carbocycles. The minimum absolute atomic E-state index is 0.154. The summed E-state index contributed by atoms with van der Waals surface area (Å²) in [5.41, 5.74) is 8.08. The van der Waals surface area contributed by atoms with E-state index in [4.69, 9.17) is 0 Å². The van der Waals surface area contributed by atoms with Gasteiger partial charge >= 0.3 is 0 Å². The highest BCUT2D eigenvalue weighted by molar-refractivity contribution is 5.97. The Bertz CT molecular complexity index is 1580. The maximum Gasteiger partial charge on any atom is 0.137 e. The molecule has 0 radical (unpaired) electrons. The van der Waals surface area contributed by atoms with Crippen molar-refractivity contribution in [2.45, 2.75) is 20.4 Å². The first-order valence-electron chi connectivity index (χ1n) is 12.5. The molecule has 1 aliphatic rings. The number of benzene rings is 2. The number of nitrogens with zero attached hydrogens (tertiary/aromatic N) is 4. The third-order valence-corrected chi connectivity index (χ3v) is 7.19. The van der Waals surface area contributed by atoms with Gasteiger partial charge in [-0.2, -0.15) is 5.10 Å². The van der Waals surface area contributed by atoms with Gasteiger partial charge < -0.3 is 15.2 Å². The Hall–Kier alpha value is -4.04. The molecular formula is C29H28F2N6. The zero-order chi connectivity index (χ0) is 25.5. The van der Waals surface area contributed by atoms with Crippen molar-refractivity contribution < 1.29 is 8.78 Å². The first kappa shape index (κ1) is 23.4. The lowest BCUT2D eigenvalue weighted by molar-refractivity contribution is 0.562. The number of pyridine rings is 1. The van der Waals surface area contributed by atoms with Gasteiger partial charge in [-0.25, -0.2) is 13.8 Å². The fourth-order valence-corrected chi connectivity index (χ4v) is 5.22. The molecule has 6 rings (SSSR count). The second-order valence-corrected chi connectivity index (χ2v) is 9.55. The number of piperazine rings is 1. The van der Waals surface area contributed by atoms with Crippen LogP contribution >= 0.6 is 0 Å². The summed E-state index contributed by atoms with van der Waals surface area (Å²) < 4.78 is 29.7. The van der Waals surface area contributed by atoms with Crippen LogP contribution in [0.25, 0.3) is 33.3 Å². The zero-order valence-electron chi connectivity index (χ0n) is 20.9. The Morgan fingerprint density at radius 1 is 0.946 bits per heavy atom. The topological polar surface area (TPSA) is 61.8 Å². The monoisotopic (exact) mass is 498 g/mol. The predicted octanol–water partition coefficient (Wildman–Crippen LogP) is 5.45. The van der Waals surface area contributed by atoms with Gasteiger partial charge in [0.1, 0.15) is 17.3 Å². The number of anilines is 1. The first-order chi connectivity index (χ1) is 18.0. The quantitative estimate of drug-likeness (QED) is 0.339. The van der Waals surface area contributed by atoms with Crippen molar-refractivity contribution in [3.63, 3.8) is 0 Å². The molecule has 0 atom stereocenters. The molecule has 4 heterocycles. The minimum Gasteiger partial charge on any atom is -0.369 e. The molecular weight excluding hydrogens is 470 g/mol. The van der Waals surface area contributed by atoms with Crippen molar-refractivity contribution in [2.75, 3.05) is 31.1 Å². The highest BCUT2D eigenvalue weighted by Gasteiger charge is 2.19. The van der Waals surface area contributed by atoms with Gasteiger partial charge in [-0.3, -0.25) is 4.68 Å². The molecule has 0 amide bonds. The van der Waals surface area contributed by atoms with Crippen molar-refractivity contribution in [3.8, 4) is 22.3 Å². The molecule has 0 bridgehead atoms. The highest BCUT2D eigenvalue weighted by atomic mass is 19.1. The van der Waals surface area contributed by atoms with E-state index in [0.717, 1.165) is 83.0 Å². The summed E-state index contributed by atoms with van der Waals surface area (Å²) in [6, 6.07) is 14.3. The van der Waals surface area contributed by atoms with E-state index in [9.17, 15) is 8.78 Å². The second-order valence-electron chi connectivity index (χ2n) is 9.55. The van der Waals surface area contributed by atoms with Gasteiger partial charge in [0.25, 0.3) is 0 Å². The molecule has 1 fully saturated rings. The predicted molar refractivity (Wildman–Crippen MR) is 143 cm³/mol. The number of halogens is 2. The maximum absolute atomic E-state index is 14.3. The zero-order valence-corrected chi connectivity index (χ0v) is 20.9. The number of H-pyrrole nitrogens is 1. The lowest BCUT2D eigenvalue weighted by Crippen LogP contribution is -2.43. The molecule has 0 aliphatic carbocycles. The van der Waals surface area contributed by atoms with E-state index in [1.807, 2.05) is 26.2 Å². The van der Waals surface area contributed by atoms with Gasteiger partial charge in [0, 0.05) is 77.6 Å². The first-order valence-corrected chi connectivity index (χ1v) is 12.5. The highest BCUT2D eigenvalue weighted by Crippen LogP contribution is 2.35. The minimum atomic E-state index is -0.464. The molecule has 5 aromatic rings. The van der Waals surface area contributed by atoms with Crippen LogP contribution < -0.4 is 10.2 Å². The molecule has 0 spiro atoms. The molecule has 37 heavy (non-hydrogen) atoms. The molecule has 0 unspecified atom stereocenters. The average molecular weight is 499 g/mol. The third-order valence-electron chi connectivity index (χ3n) is 7.19. The van der Waals surface area contributed by atoms with Crippen LogP contribution in [0.1, 0.15) is 17.0 Å². The fraction of sp³-hybridized carbons (Fsp3) is 0.241. The van der Waals surface area contributed by atoms with E-state index >= 15 is 0 Å².